The Balaban J connectivity index is 2.13. The lowest BCUT2D eigenvalue weighted by atomic mass is 9.88. The number of aromatic nitrogens is 1. The van der Waals surface area contributed by atoms with Crippen molar-refractivity contribution in [2.45, 2.75) is 57.4 Å². The van der Waals surface area contributed by atoms with Crippen LogP contribution in [-0.2, 0) is 0 Å². The SMILES string of the molecule is CCCOc1cncc(C2CCCCCC2NC)c1. The third-order valence-corrected chi connectivity index (χ3v) is 4.02. The van der Waals surface area contributed by atoms with Gasteiger partial charge in [0.25, 0.3) is 0 Å². The molecule has 0 saturated heterocycles. The zero-order chi connectivity index (χ0) is 13.5. The van der Waals surface area contributed by atoms with Crippen molar-refractivity contribution in [3.8, 4) is 5.75 Å². The van der Waals surface area contributed by atoms with Gasteiger partial charge in [0.05, 0.1) is 12.8 Å². The summed E-state index contributed by atoms with van der Waals surface area (Å²) in [6, 6.07) is 2.76. The minimum atomic E-state index is 0.574. The molecule has 0 spiro atoms. The third kappa shape index (κ3) is 3.93. The molecule has 0 aromatic carbocycles. The summed E-state index contributed by atoms with van der Waals surface area (Å²) >= 11 is 0. The van der Waals surface area contributed by atoms with Crippen LogP contribution in [0.4, 0.5) is 0 Å². The van der Waals surface area contributed by atoms with Gasteiger partial charge in [-0.25, -0.2) is 0 Å². The predicted octanol–water partition coefficient (Wildman–Crippen LogP) is 3.51. The van der Waals surface area contributed by atoms with Gasteiger partial charge >= 0.3 is 0 Å². The summed E-state index contributed by atoms with van der Waals surface area (Å²) in [4.78, 5) is 4.36. The molecular weight excluding hydrogens is 236 g/mol. The first kappa shape index (κ1) is 14.3. The van der Waals surface area contributed by atoms with E-state index in [1.165, 1.54) is 37.7 Å². The molecule has 0 radical (unpaired) electrons. The Morgan fingerprint density at radius 2 is 2.11 bits per heavy atom. The highest BCUT2D eigenvalue weighted by Crippen LogP contribution is 2.32. The Labute approximate surface area is 116 Å². The fourth-order valence-electron chi connectivity index (χ4n) is 2.99. The zero-order valence-corrected chi connectivity index (χ0v) is 12.2. The van der Waals surface area contributed by atoms with Gasteiger partial charge in [0.1, 0.15) is 5.75 Å². The number of rotatable bonds is 5. The maximum atomic E-state index is 5.70. The number of nitrogens with zero attached hydrogens (tertiary/aromatic N) is 1. The molecule has 1 aliphatic rings. The molecule has 0 bridgehead atoms. The van der Waals surface area contributed by atoms with Crippen molar-refractivity contribution >= 4 is 0 Å². The van der Waals surface area contributed by atoms with Gasteiger partial charge in [-0.15, -0.1) is 0 Å². The fraction of sp³-hybridized carbons (Fsp3) is 0.688. The van der Waals surface area contributed by atoms with Crippen molar-refractivity contribution in [1.29, 1.82) is 0 Å². The molecule has 1 saturated carbocycles. The average Bonchev–Trinajstić information content (AvgIpc) is 2.70. The number of likely N-dealkylation sites (N-methyl/N-ethyl adjacent to an activating group) is 1. The molecule has 1 fully saturated rings. The van der Waals surface area contributed by atoms with Crippen molar-refractivity contribution < 1.29 is 4.74 Å². The minimum absolute atomic E-state index is 0.574. The minimum Gasteiger partial charge on any atom is -0.492 e. The lowest BCUT2D eigenvalue weighted by molar-refractivity contribution is 0.315. The van der Waals surface area contributed by atoms with Crippen LogP contribution in [-0.4, -0.2) is 24.7 Å². The van der Waals surface area contributed by atoms with Gasteiger partial charge in [-0.05, 0) is 37.9 Å². The molecule has 0 aliphatic heterocycles. The number of hydrogen-bond donors (Lipinski definition) is 1. The molecule has 1 heterocycles. The highest BCUT2D eigenvalue weighted by molar-refractivity contribution is 5.27. The van der Waals surface area contributed by atoms with E-state index in [1.807, 2.05) is 12.4 Å². The molecular formula is C16H26N2O. The van der Waals surface area contributed by atoms with Crippen molar-refractivity contribution in [3.05, 3.63) is 24.0 Å². The molecule has 106 valence electrons. The molecule has 0 amide bonds. The van der Waals surface area contributed by atoms with E-state index >= 15 is 0 Å². The summed E-state index contributed by atoms with van der Waals surface area (Å²) in [6.07, 6.45) is 11.4. The lowest BCUT2D eigenvalue weighted by Gasteiger charge is -2.25. The zero-order valence-electron chi connectivity index (χ0n) is 12.2. The predicted molar refractivity (Wildman–Crippen MR) is 78.7 cm³/mol. The van der Waals surface area contributed by atoms with Crippen LogP contribution in [0.2, 0.25) is 0 Å². The van der Waals surface area contributed by atoms with Crippen LogP contribution >= 0.6 is 0 Å². The van der Waals surface area contributed by atoms with Gasteiger partial charge in [0.2, 0.25) is 0 Å². The van der Waals surface area contributed by atoms with E-state index in [1.54, 1.807) is 0 Å². The maximum Gasteiger partial charge on any atom is 0.137 e. The standard InChI is InChI=1S/C16H26N2O/c1-3-9-19-14-10-13(11-18-12-14)15-7-5-4-6-8-16(15)17-2/h10-12,15-17H,3-9H2,1-2H3. The van der Waals surface area contributed by atoms with Crippen molar-refractivity contribution in [3.63, 3.8) is 0 Å². The molecule has 3 nitrogen and oxygen atoms in total. The van der Waals surface area contributed by atoms with Crippen LogP contribution in [0.1, 0.15) is 56.9 Å². The Morgan fingerprint density at radius 3 is 2.89 bits per heavy atom. The topological polar surface area (TPSA) is 34.1 Å². The number of nitrogens with one attached hydrogen (secondary N) is 1. The maximum absolute atomic E-state index is 5.70. The van der Waals surface area contributed by atoms with Gasteiger partial charge in [-0.2, -0.15) is 0 Å². The van der Waals surface area contributed by atoms with Crippen molar-refractivity contribution in [1.82, 2.24) is 10.3 Å². The van der Waals surface area contributed by atoms with Gasteiger partial charge < -0.3 is 10.1 Å². The van der Waals surface area contributed by atoms with E-state index in [4.69, 9.17) is 4.74 Å². The molecule has 19 heavy (non-hydrogen) atoms. The Kier molecular flexibility index (Phi) is 5.64. The van der Waals surface area contributed by atoms with Crippen LogP contribution in [0.3, 0.4) is 0 Å². The summed E-state index contributed by atoms with van der Waals surface area (Å²) in [6.45, 7) is 2.89. The van der Waals surface area contributed by atoms with Crippen LogP contribution in [0, 0.1) is 0 Å². The number of pyridine rings is 1. The normalized spacial score (nSPS) is 23.9. The lowest BCUT2D eigenvalue weighted by Crippen LogP contribution is -2.31. The van der Waals surface area contributed by atoms with Gasteiger partial charge in [-0.3, -0.25) is 4.98 Å². The summed E-state index contributed by atoms with van der Waals surface area (Å²) in [5.41, 5.74) is 1.33. The molecule has 1 aromatic rings. The Hall–Kier alpha value is -1.09. The Morgan fingerprint density at radius 1 is 1.26 bits per heavy atom. The second kappa shape index (κ2) is 7.49. The molecule has 1 aliphatic carbocycles. The first-order valence-electron chi connectivity index (χ1n) is 7.60. The molecule has 1 N–H and O–H groups in total. The van der Waals surface area contributed by atoms with E-state index in [9.17, 15) is 0 Å². The highest BCUT2D eigenvalue weighted by Gasteiger charge is 2.24. The van der Waals surface area contributed by atoms with Gasteiger partial charge in [0, 0.05) is 18.2 Å². The van der Waals surface area contributed by atoms with Crippen molar-refractivity contribution in [2.24, 2.45) is 0 Å². The summed E-state index contributed by atoms with van der Waals surface area (Å²) in [5, 5.41) is 3.49. The smallest absolute Gasteiger partial charge is 0.137 e. The van der Waals surface area contributed by atoms with Gasteiger partial charge in [0.15, 0.2) is 0 Å². The van der Waals surface area contributed by atoms with Crippen LogP contribution in [0.15, 0.2) is 18.5 Å². The van der Waals surface area contributed by atoms with Crippen LogP contribution in [0.5, 0.6) is 5.75 Å². The number of hydrogen-bond acceptors (Lipinski definition) is 3. The molecule has 2 rings (SSSR count). The second-order valence-corrected chi connectivity index (χ2v) is 5.44. The monoisotopic (exact) mass is 262 g/mol. The highest BCUT2D eigenvalue weighted by atomic mass is 16.5. The molecule has 1 aromatic heterocycles. The summed E-state index contributed by atoms with van der Waals surface area (Å²) in [5.74, 6) is 1.49. The van der Waals surface area contributed by atoms with E-state index in [-0.39, 0.29) is 0 Å². The Bertz CT molecular complexity index is 381. The van der Waals surface area contributed by atoms with Gasteiger partial charge in [-0.1, -0.05) is 26.2 Å². The average molecular weight is 262 g/mol. The quantitative estimate of drug-likeness (QED) is 0.825. The fourth-order valence-corrected chi connectivity index (χ4v) is 2.99. The molecule has 3 heteroatoms. The molecule has 2 atom stereocenters. The van der Waals surface area contributed by atoms with Crippen LogP contribution < -0.4 is 10.1 Å². The first-order chi connectivity index (χ1) is 9.35. The van der Waals surface area contributed by atoms with E-state index < -0.39 is 0 Å². The van der Waals surface area contributed by atoms with E-state index in [0.717, 1.165) is 18.8 Å². The third-order valence-electron chi connectivity index (χ3n) is 4.02. The summed E-state index contributed by atoms with van der Waals surface area (Å²) in [7, 11) is 2.08. The van der Waals surface area contributed by atoms with Crippen molar-refractivity contribution in [2.75, 3.05) is 13.7 Å². The van der Waals surface area contributed by atoms with Crippen LogP contribution in [0.25, 0.3) is 0 Å². The number of ether oxygens (including phenoxy) is 1. The van der Waals surface area contributed by atoms with E-state index in [2.05, 4.69) is 30.3 Å². The van der Waals surface area contributed by atoms with E-state index in [0.29, 0.717) is 12.0 Å². The first-order valence-corrected chi connectivity index (χ1v) is 7.60. The summed E-state index contributed by atoms with van der Waals surface area (Å²) < 4.78 is 5.70. The second-order valence-electron chi connectivity index (χ2n) is 5.44. The molecule has 2 unspecified atom stereocenters. The largest absolute Gasteiger partial charge is 0.492 e.